The summed E-state index contributed by atoms with van der Waals surface area (Å²) >= 11 is 0. The van der Waals surface area contributed by atoms with Crippen LogP contribution in [0.1, 0.15) is 41.0 Å². The molecule has 16 heavy (non-hydrogen) atoms. The molecule has 1 atom stereocenters. The highest BCUT2D eigenvalue weighted by Gasteiger charge is 2.18. The van der Waals surface area contributed by atoms with Crippen molar-refractivity contribution in [3.63, 3.8) is 0 Å². The van der Waals surface area contributed by atoms with Crippen molar-refractivity contribution in [2.24, 2.45) is 11.7 Å². The zero-order chi connectivity index (χ0) is 12.8. The van der Waals surface area contributed by atoms with E-state index in [0.717, 1.165) is 6.42 Å². The van der Waals surface area contributed by atoms with E-state index in [0.29, 0.717) is 12.5 Å². The molecular formula is C11H24N2O3. The van der Waals surface area contributed by atoms with Crippen LogP contribution >= 0.6 is 0 Å². The lowest BCUT2D eigenvalue weighted by Crippen LogP contribution is -2.38. The Hall–Kier alpha value is -0.810. The number of ether oxygens (including phenoxy) is 1. The van der Waals surface area contributed by atoms with Gasteiger partial charge >= 0.3 is 6.09 Å². The number of amides is 1. The van der Waals surface area contributed by atoms with Gasteiger partial charge in [0.25, 0.3) is 0 Å². The first-order valence-electron chi connectivity index (χ1n) is 5.59. The molecule has 3 N–H and O–H groups in total. The third-order valence-corrected chi connectivity index (χ3v) is 1.70. The van der Waals surface area contributed by atoms with Crippen molar-refractivity contribution in [3.8, 4) is 0 Å². The summed E-state index contributed by atoms with van der Waals surface area (Å²) in [7, 11) is 0. The zero-order valence-electron chi connectivity index (χ0n) is 10.9. The molecule has 0 aliphatic heterocycles. The van der Waals surface area contributed by atoms with Gasteiger partial charge in [-0.15, -0.1) is 0 Å². The lowest BCUT2D eigenvalue weighted by Gasteiger charge is -2.22. The van der Waals surface area contributed by atoms with Crippen LogP contribution in [0.4, 0.5) is 4.79 Å². The molecule has 0 bridgehead atoms. The number of carbonyl (C=O) groups excluding carboxylic acids is 1. The molecule has 96 valence electrons. The van der Waals surface area contributed by atoms with Crippen LogP contribution in [0, 0.1) is 5.92 Å². The molecule has 0 aromatic heterocycles. The van der Waals surface area contributed by atoms with Crippen LogP contribution < -0.4 is 11.2 Å². The first kappa shape index (κ1) is 15.2. The van der Waals surface area contributed by atoms with Crippen LogP contribution in [0.2, 0.25) is 0 Å². The normalized spacial score (nSPS) is 13.7. The maximum Gasteiger partial charge on any atom is 0.431 e. The molecule has 0 spiro atoms. The molecule has 0 aliphatic rings. The second kappa shape index (κ2) is 6.70. The maximum atomic E-state index is 11.3. The highest BCUT2D eigenvalue weighted by molar-refractivity contribution is 5.66. The molecule has 0 saturated heterocycles. The van der Waals surface area contributed by atoms with Crippen LogP contribution in [0.3, 0.4) is 0 Å². The van der Waals surface area contributed by atoms with Gasteiger partial charge in [0.1, 0.15) is 5.60 Å². The largest absolute Gasteiger partial charge is 0.442 e. The minimum Gasteiger partial charge on any atom is -0.442 e. The molecule has 0 rings (SSSR count). The van der Waals surface area contributed by atoms with E-state index < -0.39 is 11.7 Å². The van der Waals surface area contributed by atoms with Crippen LogP contribution in [0.15, 0.2) is 0 Å². The smallest absolute Gasteiger partial charge is 0.431 e. The van der Waals surface area contributed by atoms with Gasteiger partial charge in [-0.05, 0) is 33.1 Å². The molecular weight excluding hydrogens is 208 g/mol. The Morgan fingerprint density at radius 3 is 2.31 bits per heavy atom. The van der Waals surface area contributed by atoms with Crippen LogP contribution in [0.5, 0.6) is 0 Å². The molecule has 0 fully saturated rings. The molecule has 0 aromatic rings. The average molecular weight is 232 g/mol. The Morgan fingerprint density at radius 1 is 1.38 bits per heavy atom. The fourth-order valence-electron chi connectivity index (χ4n) is 1.15. The monoisotopic (exact) mass is 232 g/mol. The first-order chi connectivity index (χ1) is 7.24. The lowest BCUT2D eigenvalue weighted by molar-refractivity contribution is -0.0449. The van der Waals surface area contributed by atoms with Gasteiger partial charge in [-0.25, -0.2) is 4.79 Å². The minimum absolute atomic E-state index is 0.174. The van der Waals surface area contributed by atoms with E-state index in [2.05, 4.69) is 19.3 Å². The Kier molecular flexibility index (Phi) is 6.36. The Bertz CT molecular complexity index is 212. The van der Waals surface area contributed by atoms with E-state index in [1.165, 1.54) is 0 Å². The van der Waals surface area contributed by atoms with Crippen molar-refractivity contribution in [2.75, 3.05) is 6.54 Å². The fourth-order valence-corrected chi connectivity index (χ4v) is 1.15. The third-order valence-electron chi connectivity index (χ3n) is 1.70. The van der Waals surface area contributed by atoms with Crippen molar-refractivity contribution in [1.29, 1.82) is 0 Å². The molecule has 5 heteroatoms. The molecule has 0 radical (unpaired) electrons. The highest BCUT2D eigenvalue weighted by atomic mass is 16.7. The number of hydroxylamine groups is 1. The highest BCUT2D eigenvalue weighted by Crippen LogP contribution is 2.08. The molecule has 0 saturated carbocycles. The van der Waals surface area contributed by atoms with Gasteiger partial charge in [0, 0.05) is 6.54 Å². The van der Waals surface area contributed by atoms with E-state index in [1.54, 1.807) is 20.8 Å². The van der Waals surface area contributed by atoms with Crippen molar-refractivity contribution in [3.05, 3.63) is 0 Å². The predicted octanol–water partition coefficient (Wildman–Crippen LogP) is 1.82. The van der Waals surface area contributed by atoms with Gasteiger partial charge in [0.15, 0.2) is 0 Å². The second-order valence-electron chi connectivity index (χ2n) is 5.21. The Balaban J connectivity index is 3.88. The molecule has 0 aromatic carbocycles. The minimum atomic E-state index is -0.588. The van der Waals surface area contributed by atoms with E-state index in [9.17, 15) is 4.79 Å². The van der Waals surface area contributed by atoms with Crippen molar-refractivity contribution < 1.29 is 14.4 Å². The van der Waals surface area contributed by atoms with Crippen LogP contribution in [0.25, 0.3) is 0 Å². The summed E-state index contributed by atoms with van der Waals surface area (Å²) in [4.78, 5) is 16.4. The van der Waals surface area contributed by atoms with E-state index in [-0.39, 0.29) is 6.10 Å². The first-order valence-corrected chi connectivity index (χ1v) is 5.59. The summed E-state index contributed by atoms with van der Waals surface area (Å²) in [5.41, 5.74) is 7.25. The number of hydrogen-bond acceptors (Lipinski definition) is 4. The molecule has 1 amide bonds. The summed E-state index contributed by atoms with van der Waals surface area (Å²) < 4.78 is 5.02. The predicted molar refractivity (Wildman–Crippen MR) is 62.8 cm³/mol. The van der Waals surface area contributed by atoms with E-state index in [1.807, 2.05) is 0 Å². The third kappa shape index (κ3) is 8.49. The van der Waals surface area contributed by atoms with Gasteiger partial charge in [0.2, 0.25) is 0 Å². The van der Waals surface area contributed by atoms with Crippen molar-refractivity contribution in [1.82, 2.24) is 5.48 Å². The number of rotatable bonds is 5. The molecule has 1 unspecified atom stereocenters. The summed E-state index contributed by atoms with van der Waals surface area (Å²) in [6.45, 7) is 9.89. The standard InChI is InChI=1S/C11H24N2O3/c1-8(2)6-9(7-12)16-13-10(14)15-11(3,4)5/h8-9H,6-7,12H2,1-5H3,(H,13,14). The van der Waals surface area contributed by atoms with Gasteiger partial charge in [-0.1, -0.05) is 13.8 Å². The lowest BCUT2D eigenvalue weighted by atomic mass is 10.1. The molecule has 0 heterocycles. The van der Waals surface area contributed by atoms with Crippen LogP contribution in [-0.2, 0) is 9.57 Å². The summed E-state index contributed by atoms with van der Waals surface area (Å²) in [6, 6.07) is 0. The number of carbonyl (C=O) groups is 1. The zero-order valence-corrected chi connectivity index (χ0v) is 10.9. The fraction of sp³-hybridized carbons (Fsp3) is 0.909. The topological polar surface area (TPSA) is 73.6 Å². The number of hydrogen-bond donors (Lipinski definition) is 2. The van der Waals surface area contributed by atoms with Gasteiger partial charge in [0.05, 0.1) is 6.10 Å². The van der Waals surface area contributed by atoms with Crippen molar-refractivity contribution >= 4 is 6.09 Å². The maximum absolute atomic E-state index is 11.3. The summed E-state index contributed by atoms with van der Waals surface area (Å²) in [6.07, 6.45) is 0.0361. The van der Waals surface area contributed by atoms with E-state index in [4.69, 9.17) is 15.3 Å². The molecule has 5 nitrogen and oxygen atoms in total. The Labute approximate surface area is 97.6 Å². The van der Waals surface area contributed by atoms with Gasteiger partial charge < -0.3 is 10.5 Å². The van der Waals surface area contributed by atoms with Crippen molar-refractivity contribution in [2.45, 2.75) is 52.7 Å². The number of nitrogens with two attached hydrogens (primary N) is 1. The quantitative estimate of drug-likeness (QED) is 0.709. The van der Waals surface area contributed by atoms with Crippen LogP contribution in [-0.4, -0.2) is 24.3 Å². The average Bonchev–Trinajstić information content (AvgIpc) is 2.08. The van der Waals surface area contributed by atoms with Gasteiger partial charge in [-0.2, -0.15) is 5.48 Å². The summed E-state index contributed by atoms with van der Waals surface area (Å²) in [5.74, 6) is 0.467. The SMILES string of the molecule is CC(C)CC(CN)ONC(=O)OC(C)(C)C. The van der Waals surface area contributed by atoms with Gasteiger partial charge in [-0.3, -0.25) is 4.84 Å². The van der Waals surface area contributed by atoms with E-state index >= 15 is 0 Å². The summed E-state index contributed by atoms with van der Waals surface area (Å²) in [5, 5.41) is 0. The molecule has 0 aliphatic carbocycles. The number of nitrogens with one attached hydrogen (secondary N) is 1. The Morgan fingerprint density at radius 2 is 1.94 bits per heavy atom. The second-order valence-corrected chi connectivity index (χ2v) is 5.21.